The van der Waals surface area contributed by atoms with Gasteiger partial charge in [-0.2, -0.15) is 0 Å². The van der Waals surface area contributed by atoms with Crippen molar-refractivity contribution in [2.75, 3.05) is 16.3 Å². The zero-order valence-electron chi connectivity index (χ0n) is 16.8. The Morgan fingerprint density at radius 2 is 1.53 bits per heavy atom. The standard InChI is InChI=1S/C25H17F3N2O2/c26-17-9-7-16(8-10-17)22-23(29-13-3-5-15-4-1-2-6-21(15)29)25(32)30(24(22)31)18-11-12-19(27)20(28)14-18/h1-2,4,6-12,14H,3,5,13H2. The molecule has 0 saturated carbocycles. The van der Waals surface area contributed by atoms with Crippen LogP contribution in [-0.2, 0) is 16.0 Å². The van der Waals surface area contributed by atoms with Gasteiger partial charge in [0.15, 0.2) is 11.6 Å². The van der Waals surface area contributed by atoms with Crippen LogP contribution in [0.4, 0.5) is 24.5 Å². The number of rotatable bonds is 3. The number of aryl methyl sites for hydroxylation is 1. The van der Waals surface area contributed by atoms with Crippen molar-refractivity contribution >= 4 is 28.8 Å². The highest BCUT2D eigenvalue weighted by atomic mass is 19.2. The van der Waals surface area contributed by atoms with Gasteiger partial charge < -0.3 is 4.90 Å². The number of fused-ring (bicyclic) bond motifs is 1. The van der Waals surface area contributed by atoms with Crippen LogP contribution in [0.1, 0.15) is 17.5 Å². The van der Waals surface area contributed by atoms with Gasteiger partial charge >= 0.3 is 0 Å². The number of anilines is 2. The predicted octanol–water partition coefficient (Wildman–Crippen LogP) is 4.84. The lowest BCUT2D eigenvalue weighted by Crippen LogP contribution is -2.37. The summed E-state index contributed by atoms with van der Waals surface area (Å²) in [5.41, 5.74) is 2.37. The van der Waals surface area contributed by atoms with Gasteiger partial charge in [-0.05, 0) is 54.3 Å². The Morgan fingerprint density at radius 1 is 0.781 bits per heavy atom. The third-order valence-corrected chi connectivity index (χ3v) is 5.73. The lowest BCUT2D eigenvalue weighted by Gasteiger charge is -2.32. The highest BCUT2D eigenvalue weighted by molar-refractivity contribution is 6.46. The fourth-order valence-electron chi connectivity index (χ4n) is 4.27. The van der Waals surface area contributed by atoms with E-state index in [0.29, 0.717) is 12.1 Å². The number of amides is 2. The van der Waals surface area contributed by atoms with Crippen molar-refractivity contribution in [2.45, 2.75) is 12.8 Å². The minimum absolute atomic E-state index is 0.0705. The molecule has 0 bridgehead atoms. The Bertz CT molecular complexity index is 1280. The number of hydrogen-bond acceptors (Lipinski definition) is 3. The number of carbonyl (C=O) groups excluding carboxylic acids is 2. The molecule has 5 rings (SSSR count). The molecule has 0 unspecified atom stereocenters. The van der Waals surface area contributed by atoms with E-state index in [0.717, 1.165) is 41.1 Å². The molecule has 32 heavy (non-hydrogen) atoms. The molecule has 3 aromatic carbocycles. The molecular weight excluding hydrogens is 417 g/mol. The molecule has 0 saturated heterocycles. The van der Waals surface area contributed by atoms with E-state index < -0.39 is 29.3 Å². The lowest BCUT2D eigenvalue weighted by atomic mass is 9.98. The molecule has 0 N–H and O–H groups in total. The Labute approximate surface area is 182 Å². The van der Waals surface area contributed by atoms with Gasteiger partial charge in [-0.25, -0.2) is 18.1 Å². The van der Waals surface area contributed by atoms with Gasteiger partial charge in [-0.3, -0.25) is 9.59 Å². The largest absolute Gasteiger partial charge is 0.336 e. The predicted molar refractivity (Wildman–Crippen MR) is 114 cm³/mol. The smallest absolute Gasteiger partial charge is 0.282 e. The first-order chi connectivity index (χ1) is 15.5. The molecule has 2 aliphatic rings. The van der Waals surface area contributed by atoms with Crippen LogP contribution in [0.25, 0.3) is 5.57 Å². The molecule has 2 amide bonds. The average molecular weight is 434 g/mol. The molecule has 2 heterocycles. The van der Waals surface area contributed by atoms with Crippen molar-refractivity contribution < 1.29 is 22.8 Å². The highest BCUT2D eigenvalue weighted by Gasteiger charge is 2.43. The van der Waals surface area contributed by atoms with Crippen LogP contribution in [0.3, 0.4) is 0 Å². The number of halogens is 3. The van der Waals surface area contributed by atoms with Crippen LogP contribution < -0.4 is 9.80 Å². The summed E-state index contributed by atoms with van der Waals surface area (Å²) >= 11 is 0. The molecule has 0 spiro atoms. The van der Waals surface area contributed by atoms with Gasteiger partial charge in [0, 0.05) is 18.3 Å². The maximum absolute atomic E-state index is 13.9. The molecule has 2 aliphatic heterocycles. The molecule has 0 aliphatic carbocycles. The molecular formula is C25H17F3N2O2. The molecule has 0 fully saturated rings. The first-order valence-corrected chi connectivity index (χ1v) is 10.1. The fraction of sp³-hybridized carbons (Fsp3) is 0.120. The summed E-state index contributed by atoms with van der Waals surface area (Å²) in [5.74, 6) is -4.04. The van der Waals surface area contributed by atoms with E-state index in [1.165, 1.54) is 30.3 Å². The summed E-state index contributed by atoms with van der Waals surface area (Å²) in [6, 6.07) is 15.8. The second kappa shape index (κ2) is 7.67. The minimum atomic E-state index is -1.16. The van der Waals surface area contributed by atoms with Crippen molar-refractivity contribution in [3.8, 4) is 0 Å². The number of nitrogens with zero attached hydrogens (tertiary/aromatic N) is 2. The molecule has 0 aromatic heterocycles. The number of para-hydroxylation sites is 1. The van der Waals surface area contributed by atoms with Crippen molar-refractivity contribution in [1.82, 2.24) is 0 Å². The van der Waals surface area contributed by atoms with Crippen molar-refractivity contribution in [3.05, 3.63) is 101 Å². The van der Waals surface area contributed by atoms with Gasteiger partial charge in [0.05, 0.1) is 11.3 Å². The maximum Gasteiger partial charge on any atom is 0.282 e. The zero-order valence-corrected chi connectivity index (χ0v) is 16.8. The van der Waals surface area contributed by atoms with E-state index in [9.17, 15) is 22.8 Å². The van der Waals surface area contributed by atoms with Crippen LogP contribution in [0, 0.1) is 17.5 Å². The number of carbonyl (C=O) groups is 2. The van der Waals surface area contributed by atoms with E-state index in [-0.39, 0.29) is 17.0 Å². The minimum Gasteiger partial charge on any atom is -0.336 e. The van der Waals surface area contributed by atoms with Crippen molar-refractivity contribution in [3.63, 3.8) is 0 Å². The SMILES string of the molecule is O=C1C(c2ccc(F)cc2)=C(N2CCCc3ccccc32)C(=O)N1c1ccc(F)c(F)c1. The third-order valence-electron chi connectivity index (χ3n) is 5.73. The van der Waals surface area contributed by atoms with Crippen LogP contribution in [-0.4, -0.2) is 18.4 Å². The van der Waals surface area contributed by atoms with E-state index >= 15 is 0 Å². The van der Waals surface area contributed by atoms with Crippen molar-refractivity contribution in [2.24, 2.45) is 0 Å². The van der Waals surface area contributed by atoms with Gasteiger partial charge in [-0.1, -0.05) is 30.3 Å². The van der Waals surface area contributed by atoms with E-state index in [1.807, 2.05) is 24.3 Å². The van der Waals surface area contributed by atoms with Gasteiger partial charge in [0.1, 0.15) is 11.5 Å². The van der Waals surface area contributed by atoms with Crippen LogP contribution in [0.5, 0.6) is 0 Å². The van der Waals surface area contributed by atoms with Crippen LogP contribution >= 0.6 is 0 Å². The third kappa shape index (κ3) is 3.17. The normalized spacial score (nSPS) is 16.1. The lowest BCUT2D eigenvalue weighted by molar-refractivity contribution is -0.120. The van der Waals surface area contributed by atoms with Gasteiger partial charge in [0.25, 0.3) is 11.8 Å². The summed E-state index contributed by atoms with van der Waals surface area (Å²) in [5, 5.41) is 0. The Kier molecular flexibility index (Phi) is 4.81. The quantitative estimate of drug-likeness (QED) is 0.554. The Hall–Kier alpha value is -3.87. The molecule has 7 heteroatoms. The van der Waals surface area contributed by atoms with E-state index in [2.05, 4.69) is 0 Å². The number of benzene rings is 3. The summed E-state index contributed by atoms with van der Waals surface area (Å²) in [4.78, 5) is 29.7. The van der Waals surface area contributed by atoms with E-state index in [4.69, 9.17) is 0 Å². The van der Waals surface area contributed by atoms with Gasteiger partial charge in [0.2, 0.25) is 0 Å². The number of imide groups is 1. The number of hydrogen-bond donors (Lipinski definition) is 0. The first kappa shape index (κ1) is 20.1. The summed E-state index contributed by atoms with van der Waals surface area (Å²) in [6.45, 7) is 0.502. The molecule has 0 radical (unpaired) electrons. The topological polar surface area (TPSA) is 40.6 Å². The zero-order chi connectivity index (χ0) is 22.4. The second-order valence-electron chi connectivity index (χ2n) is 7.66. The van der Waals surface area contributed by atoms with Gasteiger partial charge in [-0.15, -0.1) is 0 Å². The monoisotopic (exact) mass is 434 g/mol. The highest BCUT2D eigenvalue weighted by Crippen LogP contribution is 2.39. The Morgan fingerprint density at radius 3 is 2.28 bits per heavy atom. The van der Waals surface area contributed by atoms with Crippen LogP contribution in [0.15, 0.2) is 72.4 Å². The van der Waals surface area contributed by atoms with Crippen molar-refractivity contribution in [1.29, 1.82) is 0 Å². The second-order valence-corrected chi connectivity index (χ2v) is 7.66. The molecule has 3 aromatic rings. The van der Waals surface area contributed by atoms with E-state index in [1.54, 1.807) is 4.90 Å². The maximum atomic E-state index is 13.9. The fourth-order valence-corrected chi connectivity index (χ4v) is 4.27. The first-order valence-electron chi connectivity index (χ1n) is 10.1. The summed E-state index contributed by atoms with van der Waals surface area (Å²) < 4.78 is 40.9. The summed E-state index contributed by atoms with van der Waals surface area (Å²) in [6.07, 6.45) is 1.60. The molecule has 160 valence electrons. The average Bonchev–Trinajstić information content (AvgIpc) is 3.06. The summed E-state index contributed by atoms with van der Waals surface area (Å²) in [7, 11) is 0. The molecule has 0 atom stereocenters. The molecule has 4 nitrogen and oxygen atoms in total. The van der Waals surface area contributed by atoms with Crippen LogP contribution in [0.2, 0.25) is 0 Å². The Balaban J connectivity index is 1.70.